The summed E-state index contributed by atoms with van der Waals surface area (Å²) in [5.41, 5.74) is 0.847. The highest BCUT2D eigenvalue weighted by Gasteiger charge is 2.25. The van der Waals surface area contributed by atoms with Gasteiger partial charge in [0.2, 0.25) is 15.9 Å². The van der Waals surface area contributed by atoms with Gasteiger partial charge in [-0.25, -0.2) is 8.42 Å². The Morgan fingerprint density at radius 3 is 2.46 bits per heavy atom. The minimum Gasteiger partial charge on any atom is -0.486 e. The Labute approximate surface area is 163 Å². The summed E-state index contributed by atoms with van der Waals surface area (Å²) in [6, 6.07) is 12.5. The molecule has 146 valence electrons. The number of nitrogens with one attached hydrogen (secondary N) is 1. The topological polar surface area (TPSA) is 109 Å². The summed E-state index contributed by atoms with van der Waals surface area (Å²) in [7, 11) is -3.86. The van der Waals surface area contributed by atoms with Crippen LogP contribution in [0.3, 0.4) is 0 Å². The zero-order chi connectivity index (χ0) is 20.1. The van der Waals surface area contributed by atoms with Crippen LogP contribution in [0, 0.1) is 11.3 Å². The molecule has 0 atom stereocenters. The summed E-state index contributed by atoms with van der Waals surface area (Å²) in [6.07, 6.45) is 0. The van der Waals surface area contributed by atoms with Crippen molar-refractivity contribution in [3.05, 3.63) is 48.0 Å². The summed E-state index contributed by atoms with van der Waals surface area (Å²) in [4.78, 5) is 12.4. The quantitative estimate of drug-likeness (QED) is 0.793. The zero-order valence-corrected chi connectivity index (χ0v) is 16.0. The van der Waals surface area contributed by atoms with Crippen LogP contribution in [0.1, 0.15) is 12.5 Å². The number of amides is 1. The van der Waals surface area contributed by atoms with Crippen molar-refractivity contribution in [2.75, 3.05) is 31.6 Å². The fraction of sp³-hybridized carbons (Fsp3) is 0.263. The molecule has 0 saturated heterocycles. The Hall–Kier alpha value is -3.09. The molecule has 1 aliphatic rings. The maximum absolute atomic E-state index is 12.8. The van der Waals surface area contributed by atoms with Gasteiger partial charge in [0.15, 0.2) is 11.5 Å². The molecule has 0 radical (unpaired) electrons. The molecule has 1 heterocycles. The number of benzene rings is 2. The van der Waals surface area contributed by atoms with Gasteiger partial charge >= 0.3 is 0 Å². The highest BCUT2D eigenvalue weighted by molar-refractivity contribution is 7.89. The molecule has 2 aromatic carbocycles. The number of anilines is 1. The predicted molar refractivity (Wildman–Crippen MR) is 102 cm³/mol. The number of hydrogen-bond acceptors (Lipinski definition) is 6. The summed E-state index contributed by atoms with van der Waals surface area (Å²) in [6.45, 7) is 2.33. The van der Waals surface area contributed by atoms with E-state index in [2.05, 4.69) is 5.32 Å². The number of hydrogen-bond donors (Lipinski definition) is 1. The first-order valence-electron chi connectivity index (χ1n) is 8.64. The van der Waals surface area contributed by atoms with E-state index >= 15 is 0 Å². The van der Waals surface area contributed by atoms with Crippen LogP contribution in [-0.2, 0) is 14.8 Å². The molecule has 8 nitrogen and oxygen atoms in total. The molecule has 1 aliphatic heterocycles. The Morgan fingerprint density at radius 1 is 1.14 bits per heavy atom. The van der Waals surface area contributed by atoms with Gasteiger partial charge < -0.3 is 14.8 Å². The van der Waals surface area contributed by atoms with Gasteiger partial charge in [-0.05, 0) is 36.4 Å². The minimum absolute atomic E-state index is 0.0282. The van der Waals surface area contributed by atoms with E-state index in [4.69, 9.17) is 14.7 Å². The number of likely N-dealkylation sites (N-methyl/N-ethyl adjacent to an activating group) is 1. The van der Waals surface area contributed by atoms with Crippen LogP contribution >= 0.6 is 0 Å². The van der Waals surface area contributed by atoms with Gasteiger partial charge in [-0.3, -0.25) is 4.79 Å². The standard InChI is InChI=1S/C19H19N3O5S/c1-2-22(28(24,25)16-6-3-14(12-20)4-7-16)13-19(23)21-15-5-8-17-18(11-15)27-10-9-26-17/h3-8,11H,2,9-10,13H2,1H3,(H,21,23). The van der Waals surface area contributed by atoms with Crippen molar-refractivity contribution in [3.63, 3.8) is 0 Å². The van der Waals surface area contributed by atoms with Crippen LogP contribution in [0.25, 0.3) is 0 Å². The van der Waals surface area contributed by atoms with Gasteiger partial charge in [0.1, 0.15) is 13.2 Å². The molecule has 0 saturated carbocycles. The smallest absolute Gasteiger partial charge is 0.243 e. The van der Waals surface area contributed by atoms with E-state index in [-0.39, 0.29) is 18.0 Å². The largest absolute Gasteiger partial charge is 0.486 e. The second-order valence-corrected chi connectivity index (χ2v) is 7.91. The van der Waals surface area contributed by atoms with Crippen molar-refractivity contribution in [1.29, 1.82) is 5.26 Å². The third-order valence-electron chi connectivity index (χ3n) is 4.12. The third-order valence-corrected chi connectivity index (χ3v) is 6.05. The zero-order valence-electron chi connectivity index (χ0n) is 15.2. The maximum atomic E-state index is 12.8. The van der Waals surface area contributed by atoms with Crippen LogP contribution in [0.2, 0.25) is 0 Å². The van der Waals surface area contributed by atoms with Crippen LogP contribution < -0.4 is 14.8 Å². The van der Waals surface area contributed by atoms with E-state index in [1.165, 1.54) is 24.3 Å². The van der Waals surface area contributed by atoms with E-state index in [0.717, 1.165) is 4.31 Å². The lowest BCUT2D eigenvalue weighted by Crippen LogP contribution is -2.37. The van der Waals surface area contributed by atoms with Crippen LogP contribution in [0.4, 0.5) is 5.69 Å². The van der Waals surface area contributed by atoms with Gasteiger partial charge in [-0.1, -0.05) is 6.92 Å². The second kappa shape index (κ2) is 8.29. The SMILES string of the molecule is CCN(CC(=O)Nc1ccc2c(c1)OCCO2)S(=O)(=O)c1ccc(C#N)cc1. The van der Waals surface area contributed by atoms with Gasteiger partial charge in [-0.15, -0.1) is 0 Å². The molecule has 0 unspecified atom stereocenters. The van der Waals surface area contributed by atoms with E-state index in [9.17, 15) is 13.2 Å². The van der Waals surface area contributed by atoms with Crippen LogP contribution in [0.15, 0.2) is 47.4 Å². The van der Waals surface area contributed by atoms with E-state index in [0.29, 0.717) is 36.0 Å². The Balaban J connectivity index is 1.71. The molecule has 0 fully saturated rings. The number of fused-ring (bicyclic) bond motifs is 1. The number of sulfonamides is 1. The summed E-state index contributed by atoms with van der Waals surface area (Å²) in [5, 5.41) is 11.5. The fourth-order valence-electron chi connectivity index (χ4n) is 2.70. The Kier molecular flexibility index (Phi) is 5.82. The molecule has 0 bridgehead atoms. The van der Waals surface area contributed by atoms with Crippen LogP contribution in [0.5, 0.6) is 11.5 Å². The van der Waals surface area contributed by atoms with Crippen molar-refractivity contribution in [3.8, 4) is 17.6 Å². The molecule has 1 N–H and O–H groups in total. The molecule has 2 aromatic rings. The average molecular weight is 401 g/mol. The lowest BCUT2D eigenvalue weighted by Gasteiger charge is -2.21. The lowest BCUT2D eigenvalue weighted by atomic mass is 10.2. The van der Waals surface area contributed by atoms with Gasteiger partial charge in [0, 0.05) is 18.3 Å². The number of nitrogens with zero attached hydrogens (tertiary/aromatic N) is 2. The predicted octanol–water partition coefficient (Wildman–Crippen LogP) is 1.98. The first kappa shape index (κ1) is 19.7. The van der Waals surface area contributed by atoms with E-state index in [1.54, 1.807) is 25.1 Å². The highest BCUT2D eigenvalue weighted by Crippen LogP contribution is 2.32. The molecule has 28 heavy (non-hydrogen) atoms. The highest BCUT2D eigenvalue weighted by atomic mass is 32.2. The van der Waals surface area contributed by atoms with Crippen molar-refractivity contribution in [2.45, 2.75) is 11.8 Å². The van der Waals surface area contributed by atoms with E-state index in [1.807, 2.05) is 6.07 Å². The van der Waals surface area contributed by atoms with Crippen LogP contribution in [-0.4, -0.2) is 44.9 Å². The van der Waals surface area contributed by atoms with Gasteiger partial charge in [-0.2, -0.15) is 9.57 Å². The molecule has 1 amide bonds. The van der Waals surface area contributed by atoms with Crippen molar-refractivity contribution in [1.82, 2.24) is 4.31 Å². The maximum Gasteiger partial charge on any atom is 0.243 e. The number of carbonyl (C=O) groups is 1. The Bertz CT molecular complexity index is 1010. The van der Waals surface area contributed by atoms with Crippen molar-refractivity contribution in [2.24, 2.45) is 0 Å². The van der Waals surface area contributed by atoms with Gasteiger partial charge in [0.25, 0.3) is 0 Å². The first-order chi connectivity index (χ1) is 13.4. The monoisotopic (exact) mass is 401 g/mol. The second-order valence-electron chi connectivity index (χ2n) is 5.97. The first-order valence-corrected chi connectivity index (χ1v) is 10.1. The summed E-state index contributed by atoms with van der Waals surface area (Å²) in [5.74, 6) is 0.653. The summed E-state index contributed by atoms with van der Waals surface area (Å²) < 4.78 is 37.5. The molecule has 0 aromatic heterocycles. The molecule has 0 aliphatic carbocycles. The third kappa shape index (κ3) is 4.24. The van der Waals surface area contributed by atoms with Crippen molar-refractivity contribution >= 4 is 21.6 Å². The molecular weight excluding hydrogens is 382 g/mol. The Morgan fingerprint density at radius 2 is 1.82 bits per heavy atom. The lowest BCUT2D eigenvalue weighted by molar-refractivity contribution is -0.116. The normalized spacial score (nSPS) is 13.0. The molecule has 9 heteroatoms. The summed E-state index contributed by atoms with van der Waals surface area (Å²) >= 11 is 0. The number of carbonyl (C=O) groups excluding carboxylic acids is 1. The molecule has 0 spiro atoms. The number of nitriles is 1. The molecule has 3 rings (SSSR count). The average Bonchev–Trinajstić information content (AvgIpc) is 2.71. The number of rotatable bonds is 6. The molecular formula is C19H19N3O5S. The van der Waals surface area contributed by atoms with E-state index < -0.39 is 15.9 Å². The fourth-order valence-corrected chi connectivity index (χ4v) is 4.10. The number of ether oxygens (including phenoxy) is 2. The minimum atomic E-state index is -3.86. The van der Waals surface area contributed by atoms with Gasteiger partial charge in [0.05, 0.1) is 23.1 Å². The van der Waals surface area contributed by atoms with Crippen molar-refractivity contribution < 1.29 is 22.7 Å².